The fourth-order valence-electron chi connectivity index (χ4n) is 3.32. The minimum absolute atomic E-state index is 0.239. The van der Waals surface area contributed by atoms with Gasteiger partial charge >= 0.3 is 5.97 Å². The molecule has 1 amide bonds. The van der Waals surface area contributed by atoms with Gasteiger partial charge in [-0.25, -0.2) is 4.79 Å². The van der Waals surface area contributed by atoms with Gasteiger partial charge in [0, 0.05) is 11.4 Å². The second kappa shape index (κ2) is 8.35. The van der Waals surface area contributed by atoms with Gasteiger partial charge in [-0.3, -0.25) is 9.69 Å². The summed E-state index contributed by atoms with van der Waals surface area (Å²) in [6, 6.07) is 13.1. The summed E-state index contributed by atoms with van der Waals surface area (Å²) >= 11 is 0. The van der Waals surface area contributed by atoms with Gasteiger partial charge in [-0.05, 0) is 74.7 Å². The van der Waals surface area contributed by atoms with E-state index >= 15 is 0 Å². The zero-order valence-electron chi connectivity index (χ0n) is 17.4. The molecule has 0 unspecified atom stereocenters. The minimum atomic E-state index is -0.496. The van der Waals surface area contributed by atoms with Crippen LogP contribution in [-0.2, 0) is 14.3 Å². The standard InChI is InChI=1S/C24H25NO4/c1-6-29-24(27)22-17(4)25(19-10-7-15(2)16(3)13-19)23(26)21(22)14-18-8-11-20(28-5)12-9-18/h7-14H,6H2,1-5H3/b21-14+. The molecule has 0 aromatic heterocycles. The van der Waals surface area contributed by atoms with E-state index in [4.69, 9.17) is 9.47 Å². The van der Waals surface area contributed by atoms with Gasteiger partial charge in [-0.15, -0.1) is 0 Å². The zero-order valence-corrected chi connectivity index (χ0v) is 17.4. The Hall–Kier alpha value is -3.34. The summed E-state index contributed by atoms with van der Waals surface area (Å²) in [4.78, 5) is 27.6. The summed E-state index contributed by atoms with van der Waals surface area (Å²) in [7, 11) is 1.60. The fraction of sp³-hybridized carbons (Fsp3) is 0.250. The number of carbonyl (C=O) groups excluding carboxylic acids is 2. The Kier molecular flexibility index (Phi) is 5.87. The van der Waals surface area contributed by atoms with E-state index in [0.29, 0.717) is 16.8 Å². The Balaban J connectivity index is 2.11. The molecule has 2 aromatic rings. The molecule has 2 aromatic carbocycles. The van der Waals surface area contributed by atoms with Crippen LogP contribution in [0.15, 0.2) is 59.3 Å². The lowest BCUT2D eigenvalue weighted by atomic mass is 10.0. The van der Waals surface area contributed by atoms with E-state index in [1.54, 1.807) is 31.9 Å². The molecule has 0 radical (unpaired) electrons. The van der Waals surface area contributed by atoms with Crippen molar-refractivity contribution < 1.29 is 19.1 Å². The topological polar surface area (TPSA) is 55.8 Å². The van der Waals surface area contributed by atoms with Gasteiger partial charge in [0.1, 0.15) is 5.75 Å². The first kappa shape index (κ1) is 20.4. The van der Waals surface area contributed by atoms with Crippen LogP contribution in [0.5, 0.6) is 5.75 Å². The molecule has 0 saturated carbocycles. The van der Waals surface area contributed by atoms with E-state index < -0.39 is 5.97 Å². The van der Waals surface area contributed by atoms with Crippen molar-refractivity contribution in [1.29, 1.82) is 0 Å². The zero-order chi connectivity index (χ0) is 21.1. The van der Waals surface area contributed by atoms with Crippen molar-refractivity contribution in [3.05, 3.63) is 76.0 Å². The molecular weight excluding hydrogens is 366 g/mol. The summed E-state index contributed by atoms with van der Waals surface area (Å²) in [5.41, 5.74) is 4.93. The minimum Gasteiger partial charge on any atom is -0.497 e. The van der Waals surface area contributed by atoms with Gasteiger partial charge in [-0.2, -0.15) is 0 Å². The number of hydrogen-bond donors (Lipinski definition) is 0. The number of allylic oxidation sites excluding steroid dienone is 1. The molecule has 0 fully saturated rings. The van der Waals surface area contributed by atoms with Crippen LogP contribution in [-0.4, -0.2) is 25.6 Å². The van der Waals surface area contributed by atoms with Gasteiger partial charge < -0.3 is 9.47 Å². The Morgan fingerprint density at radius 3 is 2.31 bits per heavy atom. The van der Waals surface area contributed by atoms with Gasteiger partial charge in [-0.1, -0.05) is 18.2 Å². The normalized spacial score (nSPS) is 15.3. The molecule has 5 heteroatoms. The lowest BCUT2D eigenvalue weighted by molar-refractivity contribution is -0.138. The lowest BCUT2D eigenvalue weighted by Gasteiger charge is -2.19. The lowest BCUT2D eigenvalue weighted by Crippen LogP contribution is -2.24. The molecule has 5 nitrogen and oxygen atoms in total. The molecule has 1 aliphatic heterocycles. The number of rotatable bonds is 5. The van der Waals surface area contributed by atoms with Crippen LogP contribution in [0.4, 0.5) is 5.69 Å². The summed E-state index contributed by atoms with van der Waals surface area (Å²) in [6.45, 7) is 7.78. The molecule has 0 spiro atoms. The Labute approximate surface area is 171 Å². The third-order valence-electron chi connectivity index (χ3n) is 5.06. The molecule has 0 bridgehead atoms. The van der Waals surface area contributed by atoms with E-state index in [0.717, 1.165) is 28.1 Å². The number of esters is 1. The van der Waals surface area contributed by atoms with Crippen molar-refractivity contribution >= 4 is 23.6 Å². The van der Waals surface area contributed by atoms with E-state index in [-0.39, 0.29) is 12.5 Å². The van der Waals surface area contributed by atoms with Crippen molar-refractivity contribution in [3.63, 3.8) is 0 Å². The first-order valence-corrected chi connectivity index (χ1v) is 9.53. The molecule has 0 N–H and O–H groups in total. The largest absolute Gasteiger partial charge is 0.497 e. The van der Waals surface area contributed by atoms with E-state index in [2.05, 4.69) is 0 Å². The highest BCUT2D eigenvalue weighted by molar-refractivity contribution is 6.23. The predicted octanol–water partition coefficient (Wildman–Crippen LogP) is 4.58. The fourth-order valence-corrected chi connectivity index (χ4v) is 3.32. The number of benzene rings is 2. The van der Waals surface area contributed by atoms with Crippen molar-refractivity contribution in [1.82, 2.24) is 0 Å². The molecule has 29 heavy (non-hydrogen) atoms. The first-order valence-electron chi connectivity index (χ1n) is 9.53. The maximum absolute atomic E-state index is 13.3. The predicted molar refractivity (Wildman–Crippen MR) is 114 cm³/mol. The monoisotopic (exact) mass is 391 g/mol. The van der Waals surface area contributed by atoms with Crippen molar-refractivity contribution in [3.8, 4) is 5.75 Å². The Morgan fingerprint density at radius 2 is 1.72 bits per heavy atom. The van der Waals surface area contributed by atoms with Crippen molar-refractivity contribution in [2.75, 3.05) is 18.6 Å². The van der Waals surface area contributed by atoms with E-state index in [1.165, 1.54) is 0 Å². The highest BCUT2D eigenvalue weighted by Crippen LogP contribution is 2.36. The molecule has 150 valence electrons. The van der Waals surface area contributed by atoms with Crippen LogP contribution >= 0.6 is 0 Å². The van der Waals surface area contributed by atoms with Gasteiger partial charge in [0.05, 0.1) is 24.9 Å². The van der Waals surface area contributed by atoms with Gasteiger partial charge in [0.2, 0.25) is 0 Å². The number of aryl methyl sites for hydroxylation is 2. The third-order valence-corrected chi connectivity index (χ3v) is 5.06. The van der Waals surface area contributed by atoms with Crippen molar-refractivity contribution in [2.45, 2.75) is 27.7 Å². The quantitative estimate of drug-likeness (QED) is 0.553. The summed E-state index contributed by atoms with van der Waals surface area (Å²) in [5, 5.41) is 0. The SMILES string of the molecule is CCOC(=O)C1=C(C)N(c2ccc(C)c(C)c2)C(=O)/C1=C/c1ccc(OC)cc1. The number of anilines is 1. The molecule has 0 atom stereocenters. The second-order valence-corrected chi connectivity index (χ2v) is 6.92. The molecule has 0 saturated heterocycles. The number of carbonyl (C=O) groups is 2. The second-order valence-electron chi connectivity index (χ2n) is 6.92. The maximum atomic E-state index is 13.3. The average Bonchev–Trinajstić information content (AvgIpc) is 2.95. The Bertz CT molecular complexity index is 1020. The van der Waals surface area contributed by atoms with Gasteiger partial charge in [0.25, 0.3) is 5.91 Å². The molecular formula is C24H25NO4. The molecule has 0 aliphatic carbocycles. The summed E-state index contributed by atoms with van der Waals surface area (Å²) in [6.07, 6.45) is 1.72. The number of amides is 1. The van der Waals surface area contributed by atoms with Crippen molar-refractivity contribution in [2.24, 2.45) is 0 Å². The number of ether oxygens (including phenoxy) is 2. The molecule has 1 heterocycles. The highest BCUT2D eigenvalue weighted by atomic mass is 16.5. The highest BCUT2D eigenvalue weighted by Gasteiger charge is 2.38. The summed E-state index contributed by atoms with van der Waals surface area (Å²) < 4.78 is 10.4. The Morgan fingerprint density at radius 1 is 1.03 bits per heavy atom. The van der Waals surface area contributed by atoms with Gasteiger partial charge in [0.15, 0.2) is 0 Å². The maximum Gasteiger partial charge on any atom is 0.340 e. The smallest absolute Gasteiger partial charge is 0.340 e. The number of methoxy groups -OCH3 is 1. The molecule has 1 aliphatic rings. The number of nitrogens with zero attached hydrogens (tertiary/aromatic N) is 1. The number of hydrogen-bond acceptors (Lipinski definition) is 4. The third kappa shape index (κ3) is 3.94. The first-order chi connectivity index (χ1) is 13.9. The van der Waals surface area contributed by atoms with Crippen LogP contribution in [0.25, 0.3) is 6.08 Å². The van der Waals surface area contributed by atoms with Crippen LogP contribution in [0.1, 0.15) is 30.5 Å². The van der Waals surface area contributed by atoms with Crippen LogP contribution in [0, 0.1) is 13.8 Å². The summed E-state index contributed by atoms with van der Waals surface area (Å²) in [5.74, 6) is -0.0203. The van der Waals surface area contributed by atoms with Crippen LogP contribution < -0.4 is 9.64 Å². The van der Waals surface area contributed by atoms with Crippen LogP contribution in [0.3, 0.4) is 0 Å². The average molecular weight is 391 g/mol. The van der Waals surface area contributed by atoms with E-state index in [9.17, 15) is 9.59 Å². The van der Waals surface area contributed by atoms with E-state index in [1.807, 2.05) is 56.3 Å². The molecule has 3 rings (SSSR count). The van der Waals surface area contributed by atoms with Crippen LogP contribution in [0.2, 0.25) is 0 Å².